The predicted molar refractivity (Wildman–Crippen MR) is 81.7 cm³/mol. The summed E-state index contributed by atoms with van der Waals surface area (Å²) in [7, 11) is 0. The minimum atomic E-state index is 0.378. The van der Waals surface area contributed by atoms with Crippen molar-refractivity contribution in [1.29, 1.82) is 0 Å². The van der Waals surface area contributed by atoms with Crippen LogP contribution in [0.5, 0.6) is 0 Å². The van der Waals surface area contributed by atoms with Crippen LogP contribution < -0.4 is 5.32 Å². The highest BCUT2D eigenvalue weighted by atomic mass is 79.9. The van der Waals surface area contributed by atoms with Crippen LogP contribution in [0.2, 0.25) is 0 Å². The van der Waals surface area contributed by atoms with Gasteiger partial charge in [0.15, 0.2) is 0 Å². The van der Waals surface area contributed by atoms with Crippen molar-refractivity contribution < 1.29 is 0 Å². The van der Waals surface area contributed by atoms with Gasteiger partial charge in [-0.05, 0) is 43.9 Å². The summed E-state index contributed by atoms with van der Waals surface area (Å²) in [6.07, 6.45) is 8.98. The molecule has 0 radical (unpaired) electrons. The number of likely N-dealkylation sites (N-methyl/N-ethyl adjacent to an activating group) is 1. The van der Waals surface area contributed by atoms with Crippen LogP contribution in [0.4, 0.5) is 0 Å². The highest BCUT2D eigenvalue weighted by Gasteiger charge is 2.18. The monoisotopic (exact) mass is 307 g/mol. The van der Waals surface area contributed by atoms with Crippen molar-refractivity contribution in [2.24, 2.45) is 0 Å². The maximum Gasteiger partial charge on any atom is 0.0547 e. The van der Waals surface area contributed by atoms with Crippen LogP contribution in [0.3, 0.4) is 0 Å². The fraction of sp³-hybridized carbons (Fsp3) is 0.500. The Morgan fingerprint density at radius 3 is 2.83 bits per heavy atom. The molecule has 1 unspecified atom stereocenters. The van der Waals surface area contributed by atoms with Gasteiger partial charge in [-0.15, -0.1) is 0 Å². The molecule has 1 aliphatic rings. The highest BCUT2D eigenvalue weighted by Crippen LogP contribution is 2.32. The quantitative estimate of drug-likeness (QED) is 0.773. The van der Waals surface area contributed by atoms with E-state index in [0.29, 0.717) is 6.04 Å². The topological polar surface area (TPSA) is 12.0 Å². The third-order valence-corrected chi connectivity index (χ3v) is 4.29. The summed E-state index contributed by atoms with van der Waals surface area (Å²) in [5, 5.41) is 3.64. The van der Waals surface area contributed by atoms with Crippen LogP contribution in [0.1, 0.15) is 50.6 Å². The molecule has 2 heteroatoms. The fourth-order valence-electron chi connectivity index (χ4n) is 2.66. The predicted octanol–water partition coefficient (Wildman–Crippen LogP) is 4.99. The molecule has 0 aromatic heterocycles. The Morgan fingerprint density at radius 2 is 2.06 bits per heavy atom. The first-order valence-corrected chi connectivity index (χ1v) is 7.79. The molecular formula is C16H22BrN. The van der Waals surface area contributed by atoms with Crippen LogP contribution in [0, 0.1) is 0 Å². The molecule has 0 heterocycles. The molecule has 1 N–H and O–H groups in total. The van der Waals surface area contributed by atoms with Gasteiger partial charge in [0.1, 0.15) is 0 Å². The lowest BCUT2D eigenvalue weighted by atomic mass is 9.95. The van der Waals surface area contributed by atoms with Crippen LogP contribution in [0.25, 0.3) is 0 Å². The molecule has 0 spiro atoms. The van der Waals surface area contributed by atoms with E-state index >= 15 is 0 Å². The van der Waals surface area contributed by atoms with Crippen molar-refractivity contribution >= 4 is 15.9 Å². The fourth-order valence-corrected chi connectivity index (χ4v) is 3.17. The van der Waals surface area contributed by atoms with Crippen LogP contribution in [0.15, 0.2) is 40.4 Å². The number of hydrogen-bond acceptors (Lipinski definition) is 1. The lowest BCUT2D eigenvalue weighted by molar-refractivity contribution is 0.588. The standard InChI is InChI=1S/C16H22BrN/c1-2-18-16(13-9-5-3-4-6-10-13)14-11-7-8-12-15(14)17/h7-9,11-12,16,18H,2-6,10H2,1H3. The first kappa shape index (κ1) is 13.8. The zero-order valence-corrected chi connectivity index (χ0v) is 12.7. The average molecular weight is 308 g/mol. The van der Waals surface area contributed by atoms with Crippen molar-refractivity contribution in [2.75, 3.05) is 6.54 Å². The van der Waals surface area contributed by atoms with Crippen LogP contribution >= 0.6 is 15.9 Å². The van der Waals surface area contributed by atoms with E-state index in [1.165, 1.54) is 42.1 Å². The molecule has 1 aromatic carbocycles. The Kier molecular flexibility index (Phi) is 5.45. The largest absolute Gasteiger partial charge is 0.307 e. The van der Waals surface area contributed by atoms with E-state index in [4.69, 9.17) is 0 Å². The van der Waals surface area contributed by atoms with E-state index in [1.54, 1.807) is 5.57 Å². The van der Waals surface area contributed by atoms with Gasteiger partial charge in [0.05, 0.1) is 6.04 Å². The molecule has 0 bridgehead atoms. The third kappa shape index (κ3) is 3.46. The first-order chi connectivity index (χ1) is 8.83. The zero-order chi connectivity index (χ0) is 12.8. The molecule has 0 amide bonds. The van der Waals surface area contributed by atoms with E-state index in [1.807, 2.05) is 0 Å². The van der Waals surface area contributed by atoms with E-state index in [0.717, 1.165) is 6.54 Å². The smallest absolute Gasteiger partial charge is 0.0547 e. The molecule has 18 heavy (non-hydrogen) atoms. The maximum absolute atomic E-state index is 3.69. The Balaban J connectivity index is 2.27. The lowest BCUT2D eigenvalue weighted by Gasteiger charge is -2.22. The van der Waals surface area contributed by atoms with Gasteiger partial charge in [0.2, 0.25) is 0 Å². The van der Waals surface area contributed by atoms with Gasteiger partial charge >= 0.3 is 0 Å². The minimum absolute atomic E-state index is 0.378. The second kappa shape index (κ2) is 7.10. The Morgan fingerprint density at radius 1 is 1.22 bits per heavy atom. The molecule has 0 fully saturated rings. The zero-order valence-electron chi connectivity index (χ0n) is 11.1. The number of rotatable bonds is 4. The average Bonchev–Trinajstić information content (AvgIpc) is 2.66. The van der Waals surface area contributed by atoms with E-state index in [2.05, 4.69) is 58.5 Å². The number of benzene rings is 1. The van der Waals surface area contributed by atoms with E-state index in [9.17, 15) is 0 Å². The molecule has 1 atom stereocenters. The number of allylic oxidation sites excluding steroid dienone is 1. The van der Waals surface area contributed by atoms with Crippen LogP contribution in [-0.2, 0) is 0 Å². The molecule has 1 nitrogen and oxygen atoms in total. The summed E-state index contributed by atoms with van der Waals surface area (Å²) >= 11 is 3.69. The molecular weight excluding hydrogens is 286 g/mol. The van der Waals surface area contributed by atoms with Crippen molar-refractivity contribution in [3.63, 3.8) is 0 Å². The molecule has 0 aliphatic heterocycles. The summed E-state index contributed by atoms with van der Waals surface area (Å²) in [4.78, 5) is 0. The highest BCUT2D eigenvalue weighted by molar-refractivity contribution is 9.10. The van der Waals surface area contributed by atoms with Gasteiger partial charge in [0.25, 0.3) is 0 Å². The Hall–Kier alpha value is -0.600. The summed E-state index contributed by atoms with van der Waals surface area (Å²) in [5.74, 6) is 0. The summed E-state index contributed by atoms with van der Waals surface area (Å²) in [5.41, 5.74) is 2.94. The lowest BCUT2D eigenvalue weighted by Crippen LogP contribution is -2.23. The number of nitrogens with one attached hydrogen (secondary N) is 1. The summed E-state index contributed by atoms with van der Waals surface area (Å²) in [6, 6.07) is 8.95. The Bertz CT molecular complexity index is 411. The molecule has 0 saturated heterocycles. The van der Waals surface area contributed by atoms with Gasteiger partial charge in [-0.25, -0.2) is 0 Å². The van der Waals surface area contributed by atoms with Crippen molar-refractivity contribution in [2.45, 2.75) is 45.1 Å². The van der Waals surface area contributed by atoms with Gasteiger partial charge in [0, 0.05) is 4.47 Å². The molecule has 98 valence electrons. The second-order valence-corrected chi connectivity index (χ2v) is 5.74. The summed E-state index contributed by atoms with van der Waals surface area (Å²) < 4.78 is 1.21. The van der Waals surface area contributed by atoms with Crippen molar-refractivity contribution in [1.82, 2.24) is 5.32 Å². The molecule has 2 rings (SSSR count). The van der Waals surface area contributed by atoms with Gasteiger partial charge in [-0.1, -0.05) is 59.1 Å². The normalized spacial score (nSPS) is 18.0. The minimum Gasteiger partial charge on any atom is -0.307 e. The Labute approximate surface area is 119 Å². The SMILES string of the molecule is CCNC(C1=CCCCCC1)c1ccccc1Br. The molecule has 1 aromatic rings. The van der Waals surface area contributed by atoms with Gasteiger partial charge in [-0.2, -0.15) is 0 Å². The second-order valence-electron chi connectivity index (χ2n) is 4.89. The third-order valence-electron chi connectivity index (χ3n) is 3.57. The van der Waals surface area contributed by atoms with Gasteiger partial charge < -0.3 is 5.32 Å². The number of halogens is 1. The van der Waals surface area contributed by atoms with Crippen molar-refractivity contribution in [3.8, 4) is 0 Å². The molecule has 0 saturated carbocycles. The summed E-state index contributed by atoms with van der Waals surface area (Å²) in [6.45, 7) is 3.18. The molecule has 1 aliphatic carbocycles. The van der Waals surface area contributed by atoms with Gasteiger partial charge in [-0.3, -0.25) is 0 Å². The number of hydrogen-bond donors (Lipinski definition) is 1. The first-order valence-electron chi connectivity index (χ1n) is 6.99. The van der Waals surface area contributed by atoms with Crippen molar-refractivity contribution in [3.05, 3.63) is 46.0 Å². The van der Waals surface area contributed by atoms with Crippen LogP contribution in [-0.4, -0.2) is 6.54 Å². The maximum atomic E-state index is 3.69. The van der Waals surface area contributed by atoms with E-state index < -0.39 is 0 Å². The van der Waals surface area contributed by atoms with E-state index in [-0.39, 0.29) is 0 Å².